The van der Waals surface area contributed by atoms with Crippen LogP contribution < -0.4 is 10.7 Å². The van der Waals surface area contributed by atoms with Gasteiger partial charge in [-0.2, -0.15) is 0 Å². The second-order valence-electron chi connectivity index (χ2n) is 3.73. The molecular formula is C13H11NO5. The van der Waals surface area contributed by atoms with E-state index >= 15 is 0 Å². The van der Waals surface area contributed by atoms with Gasteiger partial charge in [0.05, 0.1) is 12.5 Å². The third kappa shape index (κ3) is 2.79. The molecule has 98 valence electrons. The number of carbonyl (C=O) groups is 2. The average molecular weight is 261 g/mol. The SMILES string of the molecule is COC(=O)CNC(=O)c1cc(=O)c2ccccc2o1. The van der Waals surface area contributed by atoms with Gasteiger partial charge in [0.25, 0.3) is 5.91 Å². The van der Waals surface area contributed by atoms with Gasteiger partial charge >= 0.3 is 5.97 Å². The Labute approximate surface area is 108 Å². The molecule has 6 nitrogen and oxygen atoms in total. The summed E-state index contributed by atoms with van der Waals surface area (Å²) in [5.74, 6) is -1.38. The zero-order valence-electron chi connectivity index (χ0n) is 10.1. The molecule has 0 aliphatic rings. The number of benzene rings is 1. The van der Waals surface area contributed by atoms with Gasteiger partial charge in [0, 0.05) is 6.07 Å². The molecular weight excluding hydrogens is 250 g/mol. The molecule has 1 amide bonds. The van der Waals surface area contributed by atoms with Crippen LogP contribution in [0.3, 0.4) is 0 Å². The van der Waals surface area contributed by atoms with Crippen LogP contribution in [0, 0.1) is 0 Å². The van der Waals surface area contributed by atoms with Crippen molar-refractivity contribution in [3.8, 4) is 0 Å². The van der Waals surface area contributed by atoms with Crippen LogP contribution in [0.5, 0.6) is 0 Å². The molecule has 2 aromatic rings. The Morgan fingerprint density at radius 1 is 1.32 bits per heavy atom. The Bertz CT molecular complexity index is 689. The van der Waals surface area contributed by atoms with Crippen LogP contribution in [-0.2, 0) is 9.53 Å². The number of rotatable bonds is 3. The number of para-hydroxylation sites is 1. The van der Waals surface area contributed by atoms with Gasteiger partial charge in [0.2, 0.25) is 0 Å². The lowest BCUT2D eigenvalue weighted by Crippen LogP contribution is -2.30. The highest BCUT2D eigenvalue weighted by atomic mass is 16.5. The number of hydrogen-bond acceptors (Lipinski definition) is 5. The molecule has 0 radical (unpaired) electrons. The first-order valence-electron chi connectivity index (χ1n) is 5.49. The monoisotopic (exact) mass is 261 g/mol. The summed E-state index contributed by atoms with van der Waals surface area (Å²) in [7, 11) is 1.21. The lowest BCUT2D eigenvalue weighted by atomic mass is 10.2. The Morgan fingerprint density at radius 2 is 2.05 bits per heavy atom. The molecule has 0 spiro atoms. The molecule has 1 aromatic heterocycles. The van der Waals surface area contributed by atoms with E-state index in [0.29, 0.717) is 11.0 Å². The molecule has 0 aliphatic heterocycles. The van der Waals surface area contributed by atoms with E-state index in [-0.39, 0.29) is 17.7 Å². The third-order valence-electron chi connectivity index (χ3n) is 2.48. The maximum absolute atomic E-state index is 11.8. The predicted molar refractivity (Wildman–Crippen MR) is 66.8 cm³/mol. The highest BCUT2D eigenvalue weighted by Crippen LogP contribution is 2.11. The van der Waals surface area contributed by atoms with Gasteiger partial charge < -0.3 is 14.5 Å². The molecule has 0 saturated carbocycles. The van der Waals surface area contributed by atoms with Gasteiger partial charge in [0.1, 0.15) is 12.1 Å². The number of amides is 1. The molecule has 1 N–H and O–H groups in total. The topological polar surface area (TPSA) is 85.6 Å². The van der Waals surface area contributed by atoms with Crippen LogP contribution in [0.2, 0.25) is 0 Å². The maximum Gasteiger partial charge on any atom is 0.325 e. The lowest BCUT2D eigenvalue weighted by molar-refractivity contribution is -0.139. The summed E-state index contributed by atoms with van der Waals surface area (Å²) in [6.07, 6.45) is 0. The van der Waals surface area contributed by atoms with Crippen molar-refractivity contribution < 1.29 is 18.7 Å². The van der Waals surface area contributed by atoms with E-state index in [1.54, 1.807) is 24.3 Å². The van der Waals surface area contributed by atoms with E-state index in [2.05, 4.69) is 10.1 Å². The number of esters is 1. The van der Waals surface area contributed by atoms with Gasteiger partial charge in [0.15, 0.2) is 11.2 Å². The first-order chi connectivity index (χ1) is 9.11. The summed E-state index contributed by atoms with van der Waals surface area (Å²) in [5, 5.41) is 2.69. The fourth-order valence-electron chi connectivity index (χ4n) is 1.53. The highest BCUT2D eigenvalue weighted by molar-refractivity contribution is 5.94. The van der Waals surface area contributed by atoms with Gasteiger partial charge in [-0.05, 0) is 12.1 Å². The molecule has 0 aliphatic carbocycles. The van der Waals surface area contributed by atoms with Crippen molar-refractivity contribution in [1.29, 1.82) is 0 Å². The number of carbonyl (C=O) groups excluding carboxylic acids is 2. The fraction of sp³-hybridized carbons (Fsp3) is 0.154. The van der Waals surface area contributed by atoms with E-state index in [9.17, 15) is 14.4 Å². The number of hydrogen-bond donors (Lipinski definition) is 1. The Morgan fingerprint density at radius 3 is 2.79 bits per heavy atom. The molecule has 19 heavy (non-hydrogen) atoms. The van der Waals surface area contributed by atoms with E-state index in [1.807, 2.05) is 0 Å². The normalized spacial score (nSPS) is 10.2. The molecule has 1 heterocycles. The highest BCUT2D eigenvalue weighted by Gasteiger charge is 2.13. The van der Waals surface area contributed by atoms with Gasteiger partial charge in [-0.25, -0.2) is 0 Å². The summed E-state index contributed by atoms with van der Waals surface area (Å²) < 4.78 is 9.69. The molecule has 0 unspecified atom stereocenters. The van der Waals surface area contributed by atoms with Crippen molar-refractivity contribution >= 4 is 22.8 Å². The fourth-order valence-corrected chi connectivity index (χ4v) is 1.53. The van der Waals surface area contributed by atoms with Crippen LogP contribution in [-0.4, -0.2) is 25.5 Å². The van der Waals surface area contributed by atoms with Gasteiger partial charge in [-0.1, -0.05) is 12.1 Å². The molecule has 0 atom stereocenters. The van der Waals surface area contributed by atoms with E-state index < -0.39 is 11.9 Å². The minimum Gasteiger partial charge on any atom is -0.468 e. The predicted octanol–water partition coefficient (Wildman–Crippen LogP) is 0.696. The Balaban J connectivity index is 2.28. The maximum atomic E-state index is 11.8. The van der Waals surface area contributed by atoms with Crippen LogP contribution >= 0.6 is 0 Å². The molecule has 0 fully saturated rings. The molecule has 0 bridgehead atoms. The summed E-state index contributed by atoms with van der Waals surface area (Å²) in [5.41, 5.74) is 0.00304. The standard InChI is InChI=1S/C13H11NO5/c1-18-12(16)7-14-13(17)11-6-9(15)8-4-2-3-5-10(8)19-11/h2-6H,7H2,1H3,(H,14,17). The van der Waals surface area contributed by atoms with Crippen LogP contribution in [0.15, 0.2) is 39.5 Å². The van der Waals surface area contributed by atoms with E-state index in [1.165, 1.54) is 7.11 Å². The minimum absolute atomic E-state index is 0.146. The number of methoxy groups -OCH3 is 1. The van der Waals surface area contributed by atoms with Crippen molar-refractivity contribution in [2.24, 2.45) is 0 Å². The second kappa shape index (κ2) is 5.34. The zero-order chi connectivity index (χ0) is 13.8. The summed E-state index contributed by atoms with van der Waals surface area (Å²) >= 11 is 0. The molecule has 0 saturated heterocycles. The van der Waals surface area contributed by atoms with Crippen molar-refractivity contribution in [3.63, 3.8) is 0 Å². The number of nitrogens with one attached hydrogen (secondary N) is 1. The average Bonchev–Trinajstić information content (AvgIpc) is 2.44. The summed E-state index contributed by atoms with van der Waals surface area (Å²) in [6.45, 7) is -0.286. The van der Waals surface area contributed by atoms with Crippen LogP contribution in [0.1, 0.15) is 10.6 Å². The summed E-state index contributed by atoms with van der Waals surface area (Å²) in [4.78, 5) is 34.4. The van der Waals surface area contributed by atoms with Crippen molar-refractivity contribution in [3.05, 3.63) is 46.3 Å². The largest absolute Gasteiger partial charge is 0.468 e. The van der Waals surface area contributed by atoms with Gasteiger partial charge in [-0.3, -0.25) is 14.4 Å². The zero-order valence-corrected chi connectivity index (χ0v) is 10.1. The number of fused-ring (bicyclic) bond motifs is 1. The Kier molecular flexibility index (Phi) is 3.61. The van der Waals surface area contributed by atoms with Crippen molar-refractivity contribution in [1.82, 2.24) is 5.32 Å². The summed E-state index contributed by atoms with van der Waals surface area (Å²) in [6, 6.07) is 7.69. The number of ether oxygens (including phenoxy) is 1. The first kappa shape index (κ1) is 12.8. The van der Waals surface area contributed by atoms with Crippen molar-refractivity contribution in [2.45, 2.75) is 0 Å². The minimum atomic E-state index is -0.645. The molecule has 2 rings (SSSR count). The molecule has 1 aromatic carbocycles. The van der Waals surface area contributed by atoms with E-state index in [0.717, 1.165) is 6.07 Å². The Hall–Kier alpha value is -2.63. The lowest BCUT2D eigenvalue weighted by Gasteiger charge is -2.04. The molecule has 6 heteroatoms. The smallest absolute Gasteiger partial charge is 0.325 e. The third-order valence-corrected chi connectivity index (χ3v) is 2.48. The van der Waals surface area contributed by atoms with Gasteiger partial charge in [-0.15, -0.1) is 0 Å². The van der Waals surface area contributed by atoms with Crippen molar-refractivity contribution in [2.75, 3.05) is 13.7 Å². The first-order valence-corrected chi connectivity index (χ1v) is 5.49. The second-order valence-corrected chi connectivity index (χ2v) is 3.73. The van der Waals surface area contributed by atoms with Crippen LogP contribution in [0.4, 0.5) is 0 Å². The quantitative estimate of drug-likeness (QED) is 0.822. The van der Waals surface area contributed by atoms with E-state index in [4.69, 9.17) is 4.42 Å². The van der Waals surface area contributed by atoms with Crippen LogP contribution in [0.25, 0.3) is 11.0 Å².